The second-order valence-electron chi connectivity index (χ2n) is 6.23. The van der Waals surface area contributed by atoms with Crippen molar-refractivity contribution < 1.29 is 13.2 Å². The van der Waals surface area contributed by atoms with Crippen LogP contribution in [0.1, 0.15) is 36.0 Å². The van der Waals surface area contributed by atoms with Crippen molar-refractivity contribution in [2.24, 2.45) is 0 Å². The monoisotopic (exact) mass is 323 g/mol. The summed E-state index contributed by atoms with van der Waals surface area (Å²) in [7, 11) is -3.24. The van der Waals surface area contributed by atoms with E-state index in [1.807, 2.05) is 0 Å². The first kappa shape index (κ1) is 15.4. The predicted molar refractivity (Wildman–Crippen MR) is 82.9 cm³/mol. The van der Waals surface area contributed by atoms with Gasteiger partial charge in [0.15, 0.2) is 0 Å². The number of carbonyl (C=O) groups excluding carboxylic acids is 1. The van der Waals surface area contributed by atoms with E-state index in [4.69, 9.17) is 0 Å². The Morgan fingerprint density at radius 3 is 2.45 bits per heavy atom. The number of piperidine rings is 1. The van der Waals surface area contributed by atoms with Crippen LogP contribution in [0.15, 0.2) is 24.5 Å². The number of hydrogen-bond donors (Lipinski definition) is 0. The molecule has 0 radical (unpaired) electrons. The average molecular weight is 323 g/mol. The van der Waals surface area contributed by atoms with E-state index in [1.165, 1.54) is 6.26 Å². The third kappa shape index (κ3) is 2.75. The van der Waals surface area contributed by atoms with Crippen LogP contribution in [-0.4, -0.2) is 59.9 Å². The molecule has 0 saturated carbocycles. The van der Waals surface area contributed by atoms with Crippen LogP contribution in [0.3, 0.4) is 0 Å². The van der Waals surface area contributed by atoms with Gasteiger partial charge in [-0.15, -0.1) is 0 Å². The van der Waals surface area contributed by atoms with Crippen molar-refractivity contribution in [2.45, 2.75) is 31.2 Å². The Morgan fingerprint density at radius 1 is 1.18 bits per heavy atom. The molecule has 3 heterocycles. The van der Waals surface area contributed by atoms with Crippen molar-refractivity contribution in [3.63, 3.8) is 0 Å². The van der Waals surface area contributed by atoms with Crippen molar-refractivity contribution in [1.29, 1.82) is 0 Å². The van der Waals surface area contributed by atoms with Gasteiger partial charge >= 0.3 is 0 Å². The maximum absolute atomic E-state index is 12.6. The Balaban J connectivity index is 1.84. The van der Waals surface area contributed by atoms with E-state index in [0.29, 0.717) is 25.2 Å². The Labute approximate surface area is 131 Å². The van der Waals surface area contributed by atoms with E-state index < -0.39 is 15.6 Å². The first-order valence-electron chi connectivity index (χ1n) is 7.60. The van der Waals surface area contributed by atoms with Gasteiger partial charge in [-0.05, 0) is 37.8 Å². The first-order chi connectivity index (χ1) is 10.4. The van der Waals surface area contributed by atoms with E-state index in [0.717, 1.165) is 25.7 Å². The molecule has 2 aliphatic heterocycles. The smallest absolute Gasteiger partial charge is 0.254 e. The maximum Gasteiger partial charge on any atom is 0.254 e. The van der Waals surface area contributed by atoms with Gasteiger partial charge in [-0.1, -0.05) is 0 Å². The van der Waals surface area contributed by atoms with Crippen LogP contribution in [0.4, 0.5) is 0 Å². The summed E-state index contributed by atoms with van der Waals surface area (Å²) in [6, 6.07) is 3.40. The summed E-state index contributed by atoms with van der Waals surface area (Å²) in [5.41, 5.74) is 0.199. The number of nitrogens with zero attached hydrogens (tertiary/aromatic N) is 3. The lowest BCUT2D eigenvalue weighted by molar-refractivity contribution is 0.0524. The molecule has 1 amide bonds. The molecule has 1 spiro atoms. The minimum absolute atomic E-state index is 0.0400. The van der Waals surface area contributed by atoms with Gasteiger partial charge in [0.1, 0.15) is 0 Å². The zero-order chi connectivity index (χ0) is 15.8. The maximum atomic E-state index is 12.6. The Bertz CT molecular complexity index is 662. The lowest BCUT2D eigenvalue weighted by atomic mass is 9.87. The number of hydrogen-bond acceptors (Lipinski definition) is 4. The molecule has 22 heavy (non-hydrogen) atoms. The van der Waals surface area contributed by atoms with Crippen molar-refractivity contribution in [2.75, 3.05) is 25.9 Å². The lowest BCUT2D eigenvalue weighted by Gasteiger charge is -2.44. The molecule has 1 aromatic heterocycles. The third-order valence-electron chi connectivity index (χ3n) is 4.70. The van der Waals surface area contributed by atoms with Crippen LogP contribution in [0.5, 0.6) is 0 Å². The van der Waals surface area contributed by atoms with Gasteiger partial charge in [0, 0.05) is 37.6 Å². The minimum atomic E-state index is -3.24. The normalized spacial score (nSPS) is 26.5. The van der Waals surface area contributed by atoms with E-state index in [1.54, 1.807) is 33.7 Å². The van der Waals surface area contributed by atoms with Gasteiger partial charge in [0.25, 0.3) is 5.91 Å². The molecule has 120 valence electrons. The fourth-order valence-corrected chi connectivity index (χ4v) is 5.21. The van der Waals surface area contributed by atoms with Crippen LogP contribution in [-0.2, 0) is 10.0 Å². The largest absolute Gasteiger partial charge is 0.337 e. The summed E-state index contributed by atoms with van der Waals surface area (Å²) < 4.78 is 25.8. The standard InChI is InChI=1S/C15H21N3O3S/c1-22(20,21)18-11-3-7-15(18)6-2-10-17(12-15)14(19)13-4-8-16-9-5-13/h4-5,8-9H,2-3,6-7,10-12H2,1H3. The average Bonchev–Trinajstić information content (AvgIpc) is 2.90. The summed E-state index contributed by atoms with van der Waals surface area (Å²) in [6.45, 7) is 1.73. The highest BCUT2D eigenvalue weighted by atomic mass is 32.2. The van der Waals surface area contributed by atoms with Gasteiger partial charge < -0.3 is 4.90 Å². The lowest BCUT2D eigenvalue weighted by Crippen LogP contribution is -2.58. The topological polar surface area (TPSA) is 70.6 Å². The van der Waals surface area contributed by atoms with Gasteiger partial charge in [-0.3, -0.25) is 9.78 Å². The van der Waals surface area contributed by atoms with Gasteiger partial charge in [0.05, 0.1) is 11.8 Å². The van der Waals surface area contributed by atoms with E-state index in [2.05, 4.69) is 4.98 Å². The minimum Gasteiger partial charge on any atom is -0.337 e. The van der Waals surface area contributed by atoms with Crippen LogP contribution in [0.25, 0.3) is 0 Å². The molecule has 1 unspecified atom stereocenters. The van der Waals surface area contributed by atoms with Crippen molar-refractivity contribution in [3.8, 4) is 0 Å². The molecule has 1 atom stereocenters. The zero-order valence-electron chi connectivity index (χ0n) is 12.7. The number of rotatable bonds is 2. The first-order valence-corrected chi connectivity index (χ1v) is 9.44. The summed E-state index contributed by atoms with van der Waals surface area (Å²) in [6.07, 6.45) is 7.84. The highest BCUT2D eigenvalue weighted by molar-refractivity contribution is 7.88. The summed E-state index contributed by atoms with van der Waals surface area (Å²) in [5, 5.41) is 0. The SMILES string of the molecule is CS(=O)(=O)N1CCCC12CCCN(C(=O)c1ccncc1)C2. The van der Waals surface area contributed by atoms with Gasteiger partial charge in [0.2, 0.25) is 10.0 Å². The van der Waals surface area contributed by atoms with Gasteiger partial charge in [-0.25, -0.2) is 8.42 Å². The highest BCUT2D eigenvalue weighted by Gasteiger charge is 2.48. The Hall–Kier alpha value is -1.47. The molecule has 2 saturated heterocycles. The fourth-order valence-electron chi connectivity index (χ4n) is 3.80. The molecule has 0 aromatic carbocycles. The molecule has 2 fully saturated rings. The molecule has 3 rings (SSSR count). The number of aromatic nitrogens is 1. The summed E-state index contributed by atoms with van der Waals surface area (Å²) >= 11 is 0. The third-order valence-corrected chi connectivity index (χ3v) is 6.07. The van der Waals surface area contributed by atoms with Crippen molar-refractivity contribution in [3.05, 3.63) is 30.1 Å². The fraction of sp³-hybridized carbons (Fsp3) is 0.600. The number of carbonyl (C=O) groups is 1. The van der Waals surface area contributed by atoms with Crippen molar-refractivity contribution >= 4 is 15.9 Å². The molecular weight excluding hydrogens is 302 g/mol. The molecule has 7 heteroatoms. The zero-order valence-corrected chi connectivity index (χ0v) is 13.6. The molecule has 1 aromatic rings. The quantitative estimate of drug-likeness (QED) is 0.817. The predicted octanol–water partition coefficient (Wildman–Crippen LogP) is 1.11. The number of likely N-dealkylation sites (tertiary alicyclic amines) is 1. The van der Waals surface area contributed by atoms with Gasteiger partial charge in [-0.2, -0.15) is 4.31 Å². The number of pyridine rings is 1. The Morgan fingerprint density at radius 2 is 1.82 bits per heavy atom. The van der Waals surface area contributed by atoms with E-state index in [9.17, 15) is 13.2 Å². The molecule has 0 aliphatic carbocycles. The van der Waals surface area contributed by atoms with E-state index in [-0.39, 0.29) is 5.91 Å². The van der Waals surface area contributed by atoms with Crippen LogP contribution in [0, 0.1) is 0 Å². The molecular formula is C15H21N3O3S. The molecule has 2 aliphatic rings. The van der Waals surface area contributed by atoms with Crippen LogP contribution >= 0.6 is 0 Å². The second kappa shape index (κ2) is 5.62. The van der Waals surface area contributed by atoms with Crippen LogP contribution < -0.4 is 0 Å². The molecule has 0 bridgehead atoms. The molecule has 6 nitrogen and oxygen atoms in total. The highest BCUT2D eigenvalue weighted by Crippen LogP contribution is 2.39. The Kier molecular flexibility index (Phi) is 3.94. The number of sulfonamides is 1. The summed E-state index contributed by atoms with van der Waals surface area (Å²) in [5.74, 6) is -0.0400. The number of amides is 1. The summed E-state index contributed by atoms with van der Waals surface area (Å²) in [4.78, 5) is 18.4. The van der Waals surface area contributed by atoms with Crippen molar-refractivity contribution in [1.82, 2.24) is 14.2 Å². The molecule has 0 N–H and O–H groups in total. The van der Waals surface area contributed by atoms with E-state index >= 15 is 0 Å². The second-order valence-corrected chi connectivity index (χ2v) is 8.14. The van der Waals surface area contributed by atoms with Crippen LogP contribution in [0.2, 0.25) is 0 Å².